The number of carbonyl (C=O) groups is 2. The second kappa shape index (κ2) is 8.07. The summed E-state index contributed by atoms with van der Waals surface area (Å²) in [5, 5.41) is 5.26. The van der Waals surface area contributed by atoms with Crippen molar-refractivity contribution in [1.29, 1.82) is 0 Å². The van der Waals surface area contributed by atoms with Crippen molar-refractivity contribution in [3.63, 3.8) is 0 Å². The minimum Gasteiger partial charge on any atom is -0.337 e. The van der Waals surface area contributed by atoms with Crippen LogP contribution in [-0.4, -0.2) is 38.3 Å². The number of nitrogens with zero attached hydrogens (tertiary/aromatic N) is 4. The lowest BCUT2D eigenvalue weighted by Gasteiger charge is -2.40. The fraction of sp³-hybridized carbons (Fsp3) is 0.182. The van der Waals surface area contributed by atoms with Crippen molar-refractivity contribution in [3.8, 4) is 11.4 Å². The molecule has 2 aliphatic rings. The van der Waals surface area contributed by atoms with Crippen molar-refractivity contribution in [1.82, 2.24) is 15.0 Å². The van der Waals surface area contributed by atoms with Crippen LogP contribution in [-0.2, 0) is 11.3 Å². The number of hydrogen-bond donors (Lipinski definition) is 0. The third kappa shape index (κ3) is 3.57. The molecule has 2 unspecified atom stereocenters. The average molecular weight is 471 g/mol. The molecule has 0 saturated carbocycles. The summed E-state index contributed by atoms with van der Waals surface area (Å²) >= 11 is 7.10. The number of fused-ring (bicyclic) bond motifs is 1. The van der Waals surface area contributed by atoms with Gasteiger partial charge in [0.25, 0.3) is 5.91 Å². The SMILES string of the molecule is Cc1ccc(N2C(=O)C3SC=CC3N(Cc3nc(-c4ccc(Cl)c(F)c4)no3)C2=O)cc1. The van der Waals surface area contributed by atoms with Crippen molar-refractivity contribution in [3.05, 3.63) is 76.2 Å². The van der Waals surface area contributed by atoms with Crippen molar-refractivity contribution < 1.29 is 18.5 Å². The van der Waals surface area contributed by atoms with Crippen LogP contribution in [0.15, 0.2) is 58.5 Å². The minimum absolute atomic E-state index is 0.00358. The quantitative estimate of drug-likeness (QED) is 0.544. The highest BCUT2D eigenvalue weighted by atomic mass is 35.5. The van der Waals surface area contributed by atoms with Gasteiger partial charge >= 0.3 is 6.03 Å². The van der Waals surface area contributed by atoms with E-state index in [1.807, 2.05) is 30.5 Å². The lowest BCUT2D eigenvalue weighted by molar-refractivity contribution is -0.119. The number of rotatable bonds is 4. The molecule has 1 saturated heterocycles. The fourth-order valence-corrected chi connectivity index (χ4v) is 4.82. The normalized spacial score (nSPS) is 20.2. The number of hydrogen-bond acceptors (Lipinski definition) is 6. The van der Waals surface area contributed by atoms with E-state index in [2.05, 4.69) is 10.1 Å². The zero-order valence-electron chi connectivity index (χ0n) is 16.7. The van der Waals surface area contributed by atoms with E-state index in [0.29, 0.717) is 11.3 Å². The highest BCUT2D eigenvalue weighted by Gasteiger charge is 2.48. The number of urea groups is 1. The summed E-state index contributed by atoms with van der Waals surface area (Å²) in [6.45, 7) is 1.94. The number of carbonyl (C=O) groups excluding carboxylic acids is 2. The molecule has 3 heterocycles. The summed E-state index contributed by atoms with van der Waals surface area (Å²) in [5.41, 5.74) is 1.93. The Kier molecular flexibility index (Phi) is 5.22. The smallest absolute Gasteiger partial charge is 0.332 e. The van der Waals surface area contributed by atoms with E-state index in [9.17, 15) is 14.0 Å². The molecule has 0 N–H and O–H groups in total. The number of halogens is 2. The largest absolute Gasteiger partial charge is 0.337 e. The van der Waals surface area contributed by atoms with Crippen LogP contribution in [0.1, 0.15) is 11.5 Å². The molecule has 0 bridgehead atoms. The molecule has 2 aliphatic heterocycles. The highest BCUT2D eigenvalue weighted by Crippen LogP contribution is 2.37. The Labute approximate surface area is 191 Å². The molecule has 1 aromatic heterocycles. The van der Waals surface area contributed by atoms with Crippen molar-refractivity contribution >= 4 is 41.0 Å². The van der Waals surface area contributed by atoms with Crippen molar-refractivity contribution in [2.24, 2.45) is 0 Å². The first-order valence-electron chi connectivity index (χ1n) is 9.74. The van der Waals surface area contributed by atoms with Gasteiger partial charge in [0.15, 0.2) is 0 Å². The topological polar surface area (TPSA) is 79.5 Å². The molecule has 2 atom stereocenters. The van der Waals surface area contributed by atoms with Gasteiger partial charge in [-0.15, -0.1) is 11.8 Å². The van der Waals surface area contributed by atoms with Crippen LogP contribution in [0.4, 0.5) is 14.9 Å². The summed E-state index contributed by atoms with van der Waals surface area (Å²) in [5.74, 6) is -0.506. The van der Waals surface area contributed by atoms with Crippen molar-refractivity contribution in [2.75, 3.05) is 4.90 Å². The number of imide groups is 1. The Bertz CT molecular complexity index is 1250. The van der Waals surface area contributed by atoms with Gasteiger partial charge in [-0.25, -0.2) is 14.1 Å². The number of anilines is 1. The van der Waals surface area contributed by atoms with E-state index >= 15 is 0 Å². The Morgan fingerprint density at radius 1 is 1.19 bits per heavy atom. The van der Waals surface area contributed by atoms with Gasteiger partial charge in [-0.2, -0.15) is 4.98 Å². The molecule has 0 aliphatic carbocycles. The summed E-state index contributed by atoms with van der Waals surface area (Å²) in [6, 6.07) is 10.5. The molecular formula is C22H16ClFN4O3S. The lowest BCUT2D eigenvalue weighted by atomic mass is 10.1. The summed E-state index contributed by atoms with van der Waals surface area (Å²) in [6.07, 6.45) is 1.82. The number of aryl methyl sites for hydroxylation is 1. The second-order valence-electron chi connectivity index (χ2n) is 7.44. The van der Waals surface area contributed by atoms with E-state index in [-0.39, 0.29) is 29.2 Å². The summed E-state index contributed by atoms with van der Waals surface area (Å²) in [7, 11) is 0. The fourth-order valence-electron chi connectivity index (χ4n) is 3.66. The van der Waals surface area contributed by atoms with E-state index < -0.39 is 23.1 Å². The number of amides is 3. The Morgan fingerprint density at radius 3 is 2.72 bits per heavy atom. The van der Waals surface area contributed by atoms with E-state index in [1.165, 1.54) is 33.7 Å². The second-order valence-corrected chi connectivity index (χ2v) is 8.90. The predicted molar refractivity (Wildman–Crippen MR) is 119 cm³/mol. The van der Waals surface area contributed by atoms with Gasteiger partial charge in [-0.05, 0) is 42.7 Å². The van der Waals surface area contributed by atoms with Gasteiger partial charge < -0.3 is 9.42 Å². The van der Waals surface area contributed by atoms with Gasteiger partial charge in [-0.1, -0.05) is 40.5 Å². The molecule has 7 nitrogen and oxygen atoms in total. The zero-order valence-corrected chi connectivity index (χ0v) is 18.3. The summed E-state index contributed by atoms with van der Waals surface area (Å²) < 4.78 is 19.1. The molecular weight excluding hydrogens is 455 g/mol. The Hall–Kier alpha value is -3.17. The first-order valence-corrected chi connectivity index (χ1v) is 11.1. The zero-order chi connectivity index (χ0) is 22.4. The standard InChI is InChI=1S/C22H16ClFN4O3S/c1-12-2-5-14(6-3-12)28-21(29)19-17(8-9-32-19)27(22(28)30)11-18-25-20(26-31-18)13-4-7-15(23)16(24)10-13/h2-10,17,19H,11H2,1H3. The van der Waals surface area contributed by atoms with E-state index in [1.54, 1.807) is 18.2 Å². The predicted octanol–water partition coefficient (Wildman–Crippen LogP) is 4.80. The van der Waals surface area contributed by atoms with E-state index in [0.717, 1.165) is 5.56 Å². The maximum Gasteiger partial charge on any atom is 0.332 e. The minimum atomic E-state index is -0.593. The lowest BCUT2D eigenvalue weighted by Crippen LogP contribution is -2.61. The van der Waals surface area contributed by atoms with Gasteiger partial charge in [0.1, 0.15) is 17.6 Å². The molecule has 0 radical (unpaired) electrons. The van der Waals surface area contributed by atoms with Crippen LogP contribution in [0.2, 0.25) is 5.02 Å². The molecule has 162 valence electrons. The molecule has 10 heteroatoms. The van der Waals surface area contributed by atoms with Crippen LogP contribution >= 0.6 is 23.4 Å². The maximum absolute atomic E-state index is 13.8. The highest BCUT2D eigenvalue weighted by molar-refractivity contribution is 8.03. The monoisotopic (exact) mass is 470 g/mol. The number of thioether (sulfide) groups is 1. The first-order chi connectivity index (χ1) is 15.4. The molecule has 32 heavy (non-hydrogen) atoms. The molecule has 3 amide bonds. The van der Waals surface area contributed by atoms with Gasteiger partial charge in [0.05, 0.1) is 16.8 Å². The van der Waals surface area contributed by atoms with Gasteiger partial charge in [0.2, 0.25) is 11.7 Å². The molecule has 5 rings (SSSR count). The molecule has 2 aromatic carbocycles. The number of aromatic nitrogens is 2. The van der Waals surface area contributed by atoms with Crippen LogP contribution < -0.4 is 4.90 Å². The van der Waals surface area contributed by atoms with E-state index in [4.69, 9.17) is 16.1 Å². The molecule has 1 fully saturated rings. The third-order valence-corrected chi connectivity index (χ3v) is 6.71. The van der Waals surface area contributed by atoms with Crippen LogP contribution in [0, 0.1) is 12.7 Å². The molecule has 0 spiro atoms. The van der Waals surface area contributed by atoms with Gasteiger partial charge in [-0.3, -0.25) is 4.79 Å². The van der Waals surface area contributed by atoms with Crippen LogP contribution in [0.25, 0.3) is 11.4 Å². The van der Waals surface area contributed by atoms with Crippen LogP contribution in [0.5, 0.6) is 0 Å². The average Bonchev–Trinajstić information content (AvgIpc) is 3.44. The van der Waals surface area contributed by atoms with Crippen LogP contribution in [0.3, 0.4) is 0 Å². The molecule has 3 aromatic rings. The Morgan fingerprint density at radius 2 is 1.97 bits per heavy atom. The Balaban J connectivity index is 1.44. The number of benzene rings is 2. The maximum atomic E-state index is 13.8. The van der Waals surface area contributed by atoms with Crippen molar-refractivity contribution in [2.45, 2.75) is 24.8 Å². The third-order valence-electron chi connectivity index (χ3n) is 5.32. The first kappa shape index (κ1) is 20.7. The van der Waals surface area contributed by atoms with Gasteiger partial charge in [0, 0.05) is 5.56 Å². The summed E-state index contributed by atoms with van der Waals surface area (Å²) in [4.78, 5) is 33.5.